The first-order valence-electron chi connectivity index (χ1n) is 21.6. The zero-order chi connectivity index (χ0) is 36.0. The van der Waals surface area contributed by atoms with Crippen molar-refractivity contribution in [3.05, 3.63) is 99.5 Å². The summed E-state index contributed by atoms with van der Waals surface area (Å²) in [5.74, 6) is 7.23. The molecule has 0 spiro atoms. The molecule has 5 aliphatic rings. The Morgan fingerprint density at radius 2 is 0.691 bits per heavy atom. The van der Waals surface area contributed by atoms with Crippen LogP contribution in [0.3, 0.4) is 0 Å². The van der Waals surface area contributed by atoms with Crippen molar-refractivity contribution in [1.82, 2.24) is 0 Å². The molecular weight excluding hydrogens is 827 g/mol. The predicted molar refractivity (Wildman–Crippen MR) is 242 cm³/mol. The van der Waals surface area contributed by atoms with E-state index in [4.69, 9.17) is 0 Å². The Labute approximate surface area is 364 Å². The summed E-state index contributed by atoms with van der Waals surface area (Å²) in [6.45, 7) is 29.0. The van der Waals surface area contributed by atoms with Gasteiger partial charge in [-0.2, -0.15) is 0 Å². The molecule has 2 aromatic carbocycles. The number of fused-ring (bicyclic) bond motifs is 2. The molecule has 0 radical (unpaired) electrons. The van der Waals surface area contributed by atoms with E-state index in [0.29, 0.717) is 5.41 Å². The fraction of sp³-hybridized carbons (Fsp3) is 0.704. The van der Waals surface area contributed by atoms with Gasteiger partial charge in [-0.05, 0) is 172 Å². The van der Waals surface area contributed by atoms with Crippen molar-refractivity contribution in [3.63, 3.8) is 0 Å². The van der Waals surface area contributed by atoms with Crippen LogP contribution in [0.4, 0.5) is 0 Å². The van der Waals surface area contributed by atoms with Gasteiger partial charge in [0.15, 0.2) is 0 Å². The number of rotatable bonds is 4. The van der Waals surface area contributed by atoms with Gasteiger partial charge >= 0.3 is 25.8 Å². The molecule has 2 aromatic rings. The van der Waals surface area contributed by atoms with Gasteiger partial charge in [-0.25, -0.2) is 0 Å². The molecule has 0 nitrogen and oxygen atoms in total. The topological polar surface area (TPSA) is 0 Å². The molecule has 5 saturated carbocycles. The first-order valence-corrected chi connectivity index (χ1v) is 21.6. The van der Waals surface area contributed by atoms with E-state index in [1.165, 1.54) is 70.6 Å². The van der Waals surface area contributed by atoms with Crippen LogP contribution in [-0.2, 0) is 47.5 Å². The van der Waals surface area contributed by atoms with Crippen LogP contribution in [0.2, 0.25) is 0 Å². The average Bonchev–Trinajstić information content (AvgIpc) is 3.64. The van der Waals surface area contributed by atoms with Crippen molar-refractivity contribution in [3.8, 4) is 0 Å². The van der Waals surface area contributed by atoms with E-state index in [2.05, 4.69) is 119 Å². The number of hydrogen-bond acceptors (Lipinski definition) is 0. The van der Waals surface area contributed by atoms with Crippen molar-refractivity contribution >= 4 is 0 Å². The third kappa shape index (κ3) is 9.54. The monoisotopic (exact) mass is 917 g/mol. The molecule has 0 aromatic heterocycles. The van der Waals surface area contributed by atoms with Crippen molar-refractivity contribution in [2.45, 2.75) is 200 Å². The van der Waals surface area contributed by atoms with E-state index >= 15 is 0 Å². The Kier molecular flexibility index (Phi) is 16.4. The molecule has 0 amide bonds. The molecule has 8 atom stereocenters. The molecule has 7 rings (SSSR count). The fourth-order valence-electron chi connectivity index (χ4n) is 12.9. The van der Waals surface area contributed by atoms with Crippen molar-refractivity contribution in [2.24, 2.45) is 40.9 Å². The van der Waals surface area contributed by atoms with Crippen LogP contribution in [0.5, 0.6) is 0 Å². The molecule has 5 fully saturated rings. The summed E-state index contributed by atoms with van der Waals surface area (Å²) in [5.41, 5.74) is 11.0. The third-order valence-electron chi connectivity index (χ3n) is 15.9. The summed E-state index contributed by atoms with van der Waals surface area (Å²) >= 11 is 0. The molecule has 0 heterocycles. The van der Waals surface area contributed by atoms with E-state index < -0.39 is 0 Å². The van der Waals surface area contributed by atoms with Crippen molar-refractivity contribution in [2.75, 3.05) is 0 Å². The van der Waals surface area contributed by atoms with E-state index in [1.54, 1.807) is 46.2 Å². The summed E-state index contributed by atoms with van der Waals surface area (Å²) < 4.78 is 0. The van der Waals surface area contributed by atoms with Gasteiger partial charge in [-0.1, -0.05) is 139 Å². The van der Waals surface area contributed by atoms with Crippen LogP contribution in [0.25, 0.3) is 0 Å². The normalized spacial score (nSPS) is 30.1. The quantitative estimate of drug-likeness (QED) is 0.212. The van der Waals surface area contributed by atoms with Crippen LogP contribution >= 0.6 is 0 Å². The van der Waals surface area contributed by atoms with Gasteiger partial charge in [0.2, 0.25) is 0 Å². The van der Waals surface area contributed by atoms with Gasteiger partial charge in [0.1, 0.15) is 0 Å². The summed E-state index contributed by atoms with van der Waals surface area (Å²) in [6, 6.07) is 15.7. The van der Waals surface area contributed by atoms with Crippen LogP contribution < -0.4 is 0 Å². The molecule has 8 unspecified atom stereocenters. The minimum atomic E-state index is 0. The average molecular weight is 916 g/mol. The summed E-state index contributed by atoms with van der Waals surface area (Å²) in [5, 5.41) is 0. The smallest absolute Gasteiger partial charge is 0.358 e. The Bertz CT molecular complexity index is 1350. The molecule has 308 valence electrons. The molecule has 55 heavy (non-hydrogen) atoms. The SMILES string of the molecule is CC(C)(C)c1cc(C2CCCC3C2CCC3C2(C3CCC4C(c5cc(C(C)(C)C)cc(C(C)(C)C)c5)CCCC43)CCC2)cc(C(C)(C)C)c1.[CH3-].[CH3-].[CH3-].[CH3-].[Hf+4]. The largest absolute Gasteiger partial charge is 4.00 e. The minimum absolute atomic E-state index is 0. The molecule has 0 N–H and O–H groups in total. The molecule has 0 bridgehead atoms. The van der Waals surface area contributed by atoms with Gasteiger partial charge in [0, 0.05) is 0 Å². The Morgan fingerprint density at radius 1 is 0.382 bits per heavy atom. The van der Waals surface area contributed by atoms with Gasteiger partial charge < -0.3 is 29.7 Å². The number of benzene rings is 2. The maximum Gasteiger partial charge on any atom is 4.00 e. The first kappa shape index (κ1) is 50.5. The minimum Gasteiger partial charge on any atom is -0.358 e. The summed E-state index contributed by atoms with van der Waals surface area (Å²) in [7, 11) is 0. The second-order valence-electron chi connectivity index (χ2n) is 22.9. The van der Waals surface area contributed by atoms with E-state index in [-0.39, 0.29) is 77.2 Å². The number of hydrogen-bond donors (Lipinski definition) is 0. The zero-order valence-electron chi connectivity index (χ0n) is 39.3. The Morgan fingerprint density at radius 3 is 0.945 bits per heavy atom. The molecular formula is C54H88Hf. The van der Waals surface area contributed by atoms with Crippen molar-refractivity contribution in [1.29, 1.82) is 0 Å². The van der Waals surface area contributed by atoms with Gasteiger partial charge in [0.05, 0.1) is 0 Å². The maximum atomic E-state index is 2.66. The molecule has 1 heteroatoms. The van der Waals surface area contributed by atoms with Crippen LogP contribution in [0, 0.1) is 70.6 Å². The predicted octanol–water partition coefficient (Wildman–Crippen LogP) is 16.4. The van der Waals surface area contributed by atoms with Crippen LogP contribution in [0.1, 0.15) is 212 Å². The second-order valence-corrected chi connectivity index (χ2v) is 22.9. The van der Waals surface area contributed by atoms with Crippen LogP contribution in [-0.4, -0.2) is 0 Å². The van der Waals surface area contributed by atoms with Gasteiger partial charge in [-0.15, -0.1) is 0 Å². The van der Waals surface area contributed by atoms with Gasteiger partial charge in [0.25, 0.3) is 0 Å². The second kappa shape index (κ2) is 17.9. The first-order chi connectivity index (χ1) is 23.3. The summed E-state index contributed by atoms with van der Waals surface area (Å²) in [4.78, 5) is 0. The van der Waals surface area contributed by atoms with Crippen molar-refractivity contribution < 1.29 is 25.8 Å². The zero-order valence-corrected chi connectivity index (χ0v) is 42.9. The third-order valence-corrected chi connectivity index (χ3v) is 15.9. The van der Waals surface area contributed by atoms with E-state index in [9.17, 15) is 0 Å². The summed E-state index contributed by atoms with van der Waals surface area (Å²) in [6.07, 6.45) is 19.4. The van der Waals surface area contributed by atoms with Gasteiger partial charge in [-0.3, -0.25) is 0 Å². The Balaban J connectivity index is 0.00000209. The standard InChI is InChI=1S/C50H76.4CH3.Hf/c1-46(2,3)34-26-32(27-35(30-34)47(4,5)6)38-16-13-18-42-40(38)20-22-44(42)50(24-15-25-50)45-23-21-41-39(17-14-19-43(41)45)33-28-36(48(7,8)9)31-37(29-33)49(10,11)12;;;;;/h26-31,38-45H,13-25H2,1-12H3;4*1H3;/q;4*-1;+4. The van der Waals surface area contributed by atoms with Crippen LogP contribution in [0.15, 0.2) is 36.4 Å². The maximum absolute atomic E-state index is 2.66. The molecule has 0 saturated heterocycles. The Hall–Kier alpha value is -0.690. The van der Waals surface area contributed by atoms with E-state index in [1.807, 2.05) is 0 Å². The fourth-order valence-corrected chi connectivity index (χ4v) is 12.9. The van der Waals surface area contributed by atoms with E-state index in [0.717, 1.165) is 47.3 Å². The molecule has 5 aliphatic carbocycles. The molecule has 0 aliphatic heterocycles.